The number of amides is 3. The fraction of sp³-hybridized carbons (Fsp3) is 0.167. The second kappa shape index (κ2) is 12.4. The molecule has 1 aliphatic rings. The van der Waals surface area contributed by atoms with Gasteiger partial charge in [0.1, 0.15) is 10.7 Å². The summed E-state index contributed by atoms with van der Waals surface area (Å²) in [6.07, 6.45) is 1.65. The lowest BCUT2D eigenvalue weighted by atomic mass is 10.1. The van der Waals surface area contributed by atoms with E-state index in [4.69, 9.17) is 16.3 Å². The first-order chi connectivity index (χ1) is 19.2. The number of rotatable bonds is 10. The van der Waals surface area contributed by atoms with E-state index in [0.717, 1.165) is 17.7 Å². The molecule has 3 aromatic rings. The highest BCUT2D eigenvalue weighted by atomic mass is 35.5. The van der Waals surface area contributed by atoms with Crippen LogP contribution in [-0.2, 0) is 14.3 Å². The number of benzene rings is 3. The van der Waals surface area contributed by atoms with Crippen LogP contribution in [0, 0.1) is 0 Å². The standard InChI is InChI=1S/C30H26ClN3O6/c1-3-4-17-40-30(39)21-9-15-24(16-10-21)34-28(37)25(31)26(29(34)38)32-22-13-7-20(8-14-22)27(36)33-23-11-5-19(6-12-23)18(2)35/h5-16,32H,3-4,17H2,1-2H3,(H,33,36). The van der Waals surface area contributed by atoms with Gasteiger partial charge in [-0.05, 0) is 86.1 Å². The lowest BCUT2D eigenvalue weighted by Gasteiger charge is -2.15. The highest BCUT2D eigenvalue weighted by Gasteiger charge is 2.39. The zero-order valence-electron chi connectivity index (χ0n) is 21.8. The molecular weight excluding hydrogens is 534 g/mol. The Labute approximate surface area is 235 Å². The van der Waals surface area contributed by atoms with Crippen LogP contribution in [0.4, 0.5) is 17.1 Å². The first-order valence-corrected chi connectivity index (χ1v) is 12.9. The van der Waals surface area contributed by atoms with Gasteiger partial charge in [-0.3, -0.25) is 19.2 Å². The molecule has 9 nitrogen and oxygen atoms in total. The number of unbranched alkanes of at least 4 members (excludes halogenated alkanes) is 1. The van der Waals surface area contributed by atoms with Gasteiger partial charge >= 0.3 is 5.97 Å². The van der Waals surface area contributed by atoms with Crippen molar-refractivity contribution in [2.45, 2.75) is 26.7 Å². The molecule has 0 aliphatic carbocycles. The maximum absolute atomic E-state index is 13.1. The molecule has 0 atom stereocenters. The van der Waals surface area contributed by atoms with Crippen molar-refractivity contribution >= 4 is 58.1 Å². The van der Waals surface area contributed by atoms with Crippen LogP contribution in [0.1, 0.15) is 57.8 Å². The van der Waals surface area contributed by atoms with Crippen LogP contribution < -0.4 is 15.5 Å². The number of nitrogens with zero attached hydrogens (tertiary/aromatic N) is 1. The summed E-state index contributed by atoms with van der Waals surface area (Å²) in [5.41, 5.74) is 2.29. The molecule has 0 fully saturated rings. The Morgan fingerprint density at radius 3 is 1.98 bits per heavy atom. The third-order valence-electron chi connectivity index (χ3n) is 6.09. The first-order valence-electron chi connectivity index (χ1n) is 12.5. The number of anilines is 3. The summed E-state index contributed by atoms with van der Waals surface area (Å²) >= 11 is 6.22. The summed E-state index contributed by atoms with van der Waals surface area (Å²) in [6.45, 7) is 3.77. The molecule has 3 aromatic carbocycles. The van der Waals surface area contributed by atoms with Crippen LogP contribution in [0.3, 0.4) is 0 Å². The number of carbonyl (C=O) groups excluding carboxylic acids is 5. The SMILES string of the molecule is CCCCOC(=O)c1ccc(N2C(=O)C(Cl)=C(Nc3ccc(C(=O)Nc4ccc(C(C)=O)cc4)cc3)C2=O)cc1. The number of halogens is 1. The Morgan fingerprint density at radius 2 is 1.38 bits per heavy atom. The van der Waals surface area contributed by atoms with Gasteiger partial charge in [0.2, 0.25) is 0 Å². The molecule has 0 radical (unpaired) electrons. The number of Topliss-reactive ketones (excluding diaryl/α,β-unsaturated/α-hetero) is 1. The van der Waals surface area contributed by atoms with Crippen LogP contribution in [0.5, 0.6) is 0 Å². The summed E-state index contributed by atoms with van der Waals surface area (Å²) in [7, 11) is 0. The number of imide groups is 1. The van der Waals surface area contributed by atoms with Gasteiger partial charge < -0.3 is 15.4 Å². The predicted molar refractivity (Wildman–Crippen MR) is 151 cm³/mol. The van der Waals surface area contributed by atoms with E-state index in [1.54, 1.807) is 48.5 Å². The number of hydrogen-bond acceptors (Lipinski definition) is 7. The van der Waals surface area contributed by atoms with Crippen LogP contribution in [0.2, 0.25) is 0 Å². The highest BCUT2D eigenvalue weighted by Crippen LogP contribution is 2.30. The molecule has 0 aromatic heterocycles. The topological polar surface area (TPSA) is 122 Å². The van der Waals surface area contributed by atoms with Crippen molar-refractivity contribution in [3.8, 4) is 0 Å². The van der Waals surface area contributed by atoms with Gasteiger partial charge in [-0.15, -0.1) is 0 Å². The molecule has 1 heterocycles. The Balaban J connectivity index is 1.40. The van der Waals surface area contributed by atoms with Gasteiger partial charge in [-0.2, -0.15) is 0 Å². The van der Waals surface area contributed by atoms with E-state index in [0.29, 0.717) is 34.7 Å². The molecule has 2 N–H and O–H groups in total. The van der Waals surface area contributed by atoms with Crippen LogP contribution in [0.25, 0.3) is 0 Å². The number of esters is 1. The average Bonchev–Trinajstić information content (AvgIpc) is 3.16. The number of carbonyl (C=O) groups is 5. The van der Waals surface area contributed by atoms with Gasteiger partial charge in [-0.1, -0.05) is 24.9 Å². The van der Waals surface area contributed by atoms with Gasteiger partial charge in [-0.25, -0.2) is 9.69 Å². The van der Waals surface area contributed by atoms with Crippen molar-refractivity contribution in [3.63, 3.8) is 0 Å². The summed E-state index contributed by atoms with van der Waals surface area (Å²) in [4.78, 5) is 63.0. The predicted octanol–water partition coefficient (Wildman–Crippen LogP) is 5.53. The second-order valence-electron chi connectivity index (χ2n) is 8.96. The van der Waals surface area contributed by atoms with Crippen LogP contribution >= 0.6 is 11.6 Å². The van der Waals surface area contributed by atoms with E-state index < -0.39 is 17.8 Å². The molecule has 0 unspecified atom stereocenters. The molecular formula is C30H26ClN3O6. The summed E-state index contributed by atoms with van der Waals surface area (Å²) < 4.78 is 5.18. The Bertz CT molecular complexity index is 1500. The third kappa shape index (κ3) is 6.27. The largest absolute Gasteiger partial charge is 0.462 e. The average molecular weight is 560 g/mol. The van der Waals surface area contributed by atoms with Crippen molar-refractivity contribution in [2.24, 2.45) is 0 Å². The minimum atomic E-state index is -0.709. The Morgan fingerprint density at radius 1 is 0.800 bits per heavy atom. The number of hydrogen-bond donors (Lipinski definition) is 2. The molecule has 1 aliphatic heterocycles. The van der Waals surface area contributed by atoms with Gasteiger partial charge in [0.15, 0.2) is 5.78 Å². The molecule has 0 spiro atoms. The monoisotopic (exact) mass is 559 g/mol. The van der Waals surface area contributed by atoms with E-state index >= 15 is 0 Å². The highest BCUT2D eigenvalue weighted by molar-refractivity contribution is 6.53. The van der Waals surface area contributed by atoms with Crippen molar-refractivity contribution in [1.82, 2.24) is 0 Å². The zero-order valence-corrected chi connectivity index (χ0v) is 22.6. The molecule has 204 valence electrons. The number of nitrogens with one attached hydrogen (secondary N) is 2. The fourth-order valence-electron chi connectivity index (χ4n) is 3.83. The van der Waals surface area contributed by atoms with E-state index in [-0.39, 0.29) is 28.1 Å². The summed E-state index contributed by atoms with van der Waals surface area (Å²) in [6, 6.07) is 18.7. The Hall–Kier alpha value is -4.76. The van der Waals surface area contributed by atoms with E-state index in [9.17, 15) is 24.0 Å². The molecule has 0 bridgehead atoms. The maximum atomic E-state index is 13.1. The van der Waals surface area contributed by atoms with Crippen molar-refractivity contribution in [2.75, 3.05) is 22.1 Å². The van der Waals surface area contributed by atoms with E-state index in [2.05, 4.69) is 10.6 Å². The molecule has 0 saturated carbocycles. The van der Waals surface area contributed by atoms with Crippen molar-refractivity contribution in [1.29, 1.82) is 0 Å². The zero-order chi connectivity index (χ0) is 28.8. The number of ether oxygens (including phenoxy) is 1. The lowest BCUT2D eigenvalue weighted by molar-refractivity contribution is -0.120. The second-order valence-corrected chi connectivity index (χ2v) is 9.34. The molecule has 4 rings (SSSR count). The molecule has 10 heteroatoms. The molecule has 3 amide bonds. The molecule has 40 heavy (non-hydrogen) atoms. The first kappa shape index (κ1) is 28.3. The van der Waals surface area contributed by atoms with Crippen LogP contribution in [0.15, 0.2) is 83.5 Å². The van der Waals surface area contributed by atoms with E-state index in [1.807, 2.05) is 6.92 Å². The van der Waals surface area contributed by atoms with Crippen LogP contribution in [-0.4, -0.2) is 36.1 Å². The lowest BCUT2D eigenvalue weighted by Crippen LogP contribution is -2.32. The fourth-order valence-corrected chi connectivity index (χ4v) is 4.04. The quantitative estimate of drug-likeness (QED) is 0.145. The minimum absolute atomic E-state index is 0.0700. The van der Waals surface area contributed by atoms with Crippen molar-refractivity contribution in [3.05, 3.63) is 100 Å². The van der Waals surface area contributed by atoms with Gasteiger partial charge in [0, 0.05) is 22.5 Å². The third-order valence-corrected chi connectivity index (χ3v) is 6.44. The normalized spacial score (nSPS) is 12.9. The van der Waals surface area contributed by atoms with E-state index in [1.165, 1.54) is 31.2 Å². The Kier molecular flexibility index (Phi) is 8.76. The minimum Gasteiger partial charge on any atom is -0.462 e. The van der Waals surface area contributed by atoms with Gasteiger partial charge in [0.05, 0.1) is 17.9 Å². The molecule has 0 saturated heterocycles. The summed E-state index contributed by atoms with van der Waals surface area (Å²) in [5, 5.41) is 5.32. The van der Waals surface area contributed by atoms with Gasteiger partial charge in [0.25, 0.3) is 17.7 Å². The van der Waals surface area contributed by atoms with Crippen molar-refractivity contribution < 1.29 is 28.7 Å². The smallest absolute Gasteiger partial charge is 0.338 e. The maximum Gasteiger partial charge on any atom is 0.338 e. The number of ketones is 1. The summed E-state index contributed by atoms with van der Waals surface area (Å²) in [5.74, 6) is -2.29.